The van der Waals surface area contributed by atoms with Gasteiger partial charge in [0, 0.05) is 0 Å². The summed E-state index contributed by atoms with van der Waals surface area (Å²) in [5, 5.41) is 0. The maximum Gasteiger partial charge on any atom is -0.00653 e. The third-order valence-electron chi connectivity index (χ3n) is 2.17. The van der Waals surface area contributed by atoms with Crippen LogP contribution in [-0.4, -0.2) is 0 Å². The molecule has 10 heavy (non-hydrogen) atoms. The summed E-state index contributed by atoms with van der Waals surface area (Å²) in [4.78, 5) is 0. The van der Waals surface area contributed by atoms with E-state index in [4.69, 9.17) is 0 Å². The lowest BCUT2D eigenvalue weighted by molar-refractivity contribution is 0.488. The molecular weight excluding hydrogens is 120 g/mol. The Balaban J connectivity index is 2.63. The number of hydrogen-bond donors (Lipinski definition) is 0. The van der Waals surface area contributed by atoms with Crippen LogP contribution < -0.4 is 0 Å². The Morgan fingerprint density at radius 1 is 1.00 bits per heavy atom. The maximum atomic E-state index is 3.89. The van der Waals surface area contributed by atoms with Crippen molar-refractivity contribution in [2.75, 3.05) is 0 Å². The Kier molecular flexibility index (Phi) is 1.98. The molecule has 54 valence electrons. The molecule has 0 nitrogen and oxygen atoms in total. The minimum atomic E-state index is 0.623. The minimum absolute atomic E-state index is 0.623. The SMILES string of the molecule is C=C1[CH]C(C)C(C)[CH]C1=C. The fourth-order valence-electron chi connectivity index (χ4n) is 1.15. The highest BCUT2D eigenvalue weighted by Crippen LogP contribution is 2.32. The highest BCUT2D eigenvalue weighted by molar-refractivity contribution is 5.42. The zero-order valence-corrected chi connectivity index (χ0v) is 6.72. The molecule has 2 radical (unpaired) electrons. The summed E-state index contributed by atoms with van der Waals surface area (Å²) in [5.74, 6) is 1.25. The summed E-state index contributed by atoms with van der Waals surface area (Å²) in [5.41, 5.74) is 2.18. The van der Waals surface area contributed by atoms with Crippen LogP contribution in [-0.2, 0) is 0 Å². The molecule has 1 aliphatic carbocycles. The largest absolute Gasteiger partial charge is 0.0953 e. The van der Waals surface area contributed by atoms with Crippen LogP contribution in [0.5, 0.6) is 0 Å². The van der Waals surface area contributed by atoms with E-state index in [1.807, 2.05) is 0 Å². The number of hydrogen-bond acceptors (Lipinski definition) is 0. The van der Waals surface area contributed by atoms with Gasteiger partial charge in [-0.25, -0.2) is 0 Å². The van der Waals surface area contributed by atoms with E-state index in [9.17, 15) is 0 Å². The summed E-state index contributed by atoms with van der Waals surface area (Å²) in [7, 11) is 0. The van der Waals surface area contributed by atoms with E-state index < -0.39 is 0 Å². The maximum absolute atomic E-state index is 3.89. The molecule has 2 atom stereocenters. The van der Waals surface area contributed by atoms with Gasteiger partial charge in [0.2, 0.25) is 0 Å². The van der Waals surface area contributed by atoms with Gasteiger partial charge in [-0.2, -0.15) is 0 Å². The average molecular weight is 134 g/mol. The third kappa shape index (κ3) is 1.31. The molecule has 0 aromatic carbocycles. The zero-order valence-electron chi connectivity index (χ0n) is 6.72. The second-order valence-electron chi connectivity index (χ2n) is 3.10. The predicted octanol–water partition coefficient (Wildman–Crippen LogP) is 2.79. The van der Waals surface area contributed by atoms with E-state index in [1.54, 1.807) is 0 Å². The molecule has 0 aliphatic heterocycles. The molecule has 0 amide bonds. The summed E-state index contributed by atoms with van der Waals surface area (Å²) in [6.45, 7) is 12.2. The third-order valence-corrected chi connectivity index (χ3v) is 2.17. The Morgan fingerprint density at radius 2 is 1.30 bits per heavy atom. The fourth-order valence-corrected chi connectivity index (χ4v) is 1.15. The monoisotopic (exact) mass is 134 g/mol. The molecule has 0 saturated heterocycles. The molecule has 0 heteroatoms. The molecular formula is C10H14. The molecule has 0 bridgehead atoms. The smallest absolute Gasteiger partial charge is 0.00653 e. The normalized spacial score (nSPS) is 34.6. The van der Waals surface area contributed by atoms with E-state index in [0.29, 0.717) is 11.8 Å². The molecule has 0 aromatic rings. The first kappa shape index (κ1) is 7.59. The lowest BCUT2D eigenvalue weighted by Gasteiger charge is -2.27. The van der Waals surface area contributed by atoms with Crippen LogP contribution in [0.2, 0.25) is 0 Å². The van der Waals surface area contributed by atoms with Crippen molar-refractivity contribution >= 4 is 0 Å². The van der Waals surface area contributed by atoms with Gasteiger partial charge in [-0.05, 0) is 35.8 Å². The zero-order chi connectivity index (χ0) is 7.72. The van der Waals surface area contributed by atoms with Gasteiger partial charge in [-0.15, -0.1) is 0 Å². The highest BCUT2D eigenvalue weighted by atomic mass is 14.3. The molecule has 1 rings (SSSR count). The quantitative estimate of drug-likeness (QED) is 0.478. The van der Waals surface area contributed by atoms with E-state index in [1.165, 1.54) is 0 Å². The van der Waals surface area contributed by atoms with Crippen molar-refractivity contribution in [2.45, 2.75) is 13.8 Å². The second kappa shape index (κ2) is 2.61. The molecule has 1 saturated carbocycles. The van der Waals surface area contributed by atoms with Crippen LogP contribution in [0.15, 0.2) is 24.3 Å². The van der Waals surface area contributed by atoms with E-state index in [0.717, 1.165) is 11.1 Å². The van der Waals surface area contributed by atoms with Crippen LogP contribution in [0.4, 0.5) is 0 Å². The molecule has 0 aromatic heterocycles. The van der Waals surface area contributed by atoms with Gasteiger partial charge in [-0.3, -0.25) is 0 Å². The van der Waals surface area contributed by atoms with Gasteiger partial charge < -0.3 is 0 Å². The molecule has 0 heterocycles. The molecule has 0 N–H and O–H groups in total. The summed E-state index contributed by atoms with van der Waals surface area (Å²) < 4.78 is 0. The van der Waals surface area contributed by atoms with E-state index in [-0.39, 0.29) is 0 Å². The Labute approximate surface area is 63.6 Å². The first-order chi connectivity index (χ1) is 4.61. The Hall–Kier alpha value is -0.520. The Morgan fingerprint density at radius 3 is 1.60 bits per heavy atom. The lowest BCUT2D eigenvalue weighted by atomic mass is 9.77. The summed E-state index contributed by atoms with van der Waals surface area (Å²) in [6, 6.07) is 0. The van der Waals surface area contributed by atoms with Crippen LogP contribution in [0.3, 0.4) is 0 Å². The predicted molar refractivity (Wildman–Crippen MR) is 45.2 cm³/mol. The highest BCUT2D eigenvalue weighted by Gasteiger charge is 2.21. The molecule has 1 aliphatic rings. The molecule has 2 unspecified atom stereocenters. The average Bonchev–Trinajstić information content (AvgIpc) is 1.84. The van der Waals surface area contributed by atoms with Gasteiger partial charge in [0.05, 0.1) is 0 Å². The summed E-state index contributed by atoms with van der Waals surface area (Å²) in [6.07, 6.45) is 4.38. The first-order valence-electron chi connectivity index (χ1n) is 3.69. The molecule has 0 spiro atoms. The van der Waals surface area contributed by atoms with Gasteiger partial charge >= 0.3 is 0 Å². The second-order valence-corrected chi connectivity index (χ2v) is 3.10. The van der Waals surface area contributed by atoms with Crippen molar-refractivity contribution in [1.82, 2.24) is 0 Å². The van der Waals surface area contributed by atoms with Crippen molar-refractivity contribution in [2.24, 2.45) is 11.8 Å². The van der Waals surface area contributed by atoms with Crippen LogP contribution in [0.1, 0.15) is 13.8 Å². The van der Waals surface area contributed by atoms with Gasteiger partial charge in [0.25, 0.3) is 0 Å². The number of rotatable bonds is 0. The van der Waals surface area contributed by atoms with Gasteiger partial charge in [0.15, 0.2) is 0 Å². The van der Waals surface area contributed by atoms with Crippen molar-refractivity contribution in [3.63, 3.8) is 0 Å². The van der Waals surface area contributed by atoms with Crippen LogP contribution in [0, 0.1) is 24.7 Å². The standard InChI is InChI=1S/C10H14/c1-7-5-9(3)10(4)6-8(7)2/h5-6,9-10H,1-2H2,3-4H3. The van der Waals surface area contributed by atoms with Crippen molar-refractivity contribution in [3.8, 4) is 0 Å². The Bertz CT molecular complexity index is 145. The number of allylic oxidation sites excluding steroid dienone is 2. The van der Waals surface area contributed by atoms with Crippen LogP contribution >= 0.6 is 0 Å². The minimum Gasteiger partial charge on any atom is -0.0953 e. The van der Waals surface area contributed by atoms with E-state index >= 15 is 0 Å². The van der Waals surface area contributed by atoms with Crippen molar-refractivity contribution in [3.05, 3.63) is 37.1 Å². The molecule has 1 fully saturated rings. The fraction of sp³-hybridized carbons (Fsp3) is 0.400. The summed E-state index contributed by atoms with van der Waals surface area (Å²) >= 11 is 0. The van der Waals surface area contributed by atoms with Crippen LogP contribution in [0.25, 0.3) is 0 Å². The van der Waals surface area contributed by atoms with Crippen molar-refractivity contribution < 1.29 is 0 Å². The van der Waals surface area contributed by atoms with Gasteiger partial charge in [-0.1, -0.05) is 27.0 Å². The lowest BCUT2D eigenvalue weighted by Crippen LogP contribution is -2.17. The van der Waals surface area contributed by atoms with Gasteiger partial charge in [0.1, 0.15) is 0 Å². The van der Waals surface area contributed by atoms with Crippen molar-refractivity contribution in [1.29, 1.82) is 0 Å². The van der Waals surface area contributed by atoms with E-state index in [2.05, 4.69) is 39.8 Å². The first-order valence-corrected chi connectivity index (χ1v) is 3.69. The topological polar surface area (TPSA) is 0 Å².